The number of para-hydroxylation sites is 1. The predicted octanol–water partition coefficient (Wildman–Crippen LogP) is 6.05. The fraction of sp³-hybridized carbons (Fsp3) is 0.387. The summed E-state index contributed by atoms with van der Waals surface area (Å²) in [4.78, 5) is 7.35. The van der Waals surface area contributed by atoms with Crippen LogP contribution in [0.25, 0.3) is 21.7 Å². The topological polar surface area (TPSA) is 48.4 Å². The van der Waals surface area contributed by atoms with Gasteiger partial charge in [0.15, 0.2) is 0 Å². The molecule has 0 unspecified atom stereocenters. The fourth-order valence-corrected chi connectivity index (χ4v) is 6.15. The van der Waals surface area contributed by atoms with E-state index in [9.17, 15) is 5.11 Å². The lowest BCUT2D eigenvalue weighted by Gasteiger charge is -2.33. The number of thioether (sulfide) groups is 1. The van der Waals surface area contributed by atoms with Gasteiger partial charge in [-0.3, -0.25) is 4.90 Å². The van der Waals surface area contributed by atoms with Crippen molar-refractivity contribution in [3.63, 3.8) is 0 Å². The summed E-state index contributed by atoms with van der Waals surface area (Å²) in [5.74, 6) is 0. The van der Waals surface area contributed by atoms with Crippen molar-refractivity contribution in [3.05, 3.63) is 83.9 Å². The lowest BCUT2D eigenvalue weighted by atomic mass is 9.93. The minimum Gasteiger partial charge on any atom is -0.390 e. The average Bonchev–Trinajstić information content (AvgIpc) is 3.35. The van der Waals surface area contributed by atoms with E-state index >= 15 is 0 Å². The maximum absolute atomic E-state index is 11.2. The quantitative estimate of drug-likeness (QED) is 0.275. The third-order valence-electron chi connectivity index (χ3n) is 7.44. The highest BCUT2D eigenvalue weighted by molar-refractivity contribution is 7.98. The van der Waals surface area contributed by atoms with E-state index in [1.165, 1.54) is 27.3 Å². The number of aliphatic hydroxyl groups is 1. The normalized spacial score (nSPS) is 17.7. The molecule has 5 rings (SSSR count). The second-order valence-electron chi connectivity index (χ2n) is 10.7. The molecule has 0 saturated carbocycles. The summed E-state index contributed by atoms with van der Waals surface area (Å²) in [6.45, 7) is 6.89. The van der Waals surface area contributed by atoms with Crippen molar-refractivity contribution < 1.29 is 5.11 Å². The van der Waals surface area contributed by atoms with Gasteiger partial charge in [0.2, 0.25) is 0 Å². The van der Waals surface area contributed by atoms with Gasteiger partial charge in [-0.2, -0.15) is 0 Å². The molecule has 1 fully saturated rings. The smallest absolute Gasteiger partial charge is 0.101 e. The number of fused-ring (bicyclic) bond motifs is 2. The van der Waals surface area contributed by atoms with E-state index in [0.717, 1.165) is 42.9 Å². The Morgan fingerprint density at radius 3 is 2.58 bits per heavy atom. The van der Waals surface area contributed by atoms with Gasteiger partial charge in [-0.25, -0.2) is 4.98 Å². The number of pyridine rings is 1. The van der Waals surface area contributed by atoms with Crippen molar-refractivity contribution >= 4 is 33.4 Å². The van der Waals surface area contributed by atoms with Gasteiger partial charge in [-0.15, -0.1) is 11.8 Å². The Hall–Kier alpha value is -2.44. The Bertz CT molecular complexity index is 1340. The van der Waals surface area contributed by atoms with E-state index < -0.39 is 6.10 Å². The number of hydrogen-bond donors (Lipinski definition) is 2. The zero-order valence-corrected chi connectivity index (χ0v) is 22.4. The summed E-state index contributed by atoms with van der Waals surface area (Å²) < 4.78 is 0. The molecule has 5 heteroatoms. The highest BCUT2D eigenvalue weighted by Crippen LogP contribution is 2.29. The number of aliphatic hydroxyl groups excluding tert-OH is 1. The van der Waals surface area contributed by atoms with Crippen LogP contribution in [0.2, 0.25) is 0 Å². The molecule has 2 heterocycles. The van der Waals surface area contributed by atoms with Crippen LogP contribution in [0.5, 0.6) is 0 Å². The predicted molar refractivity (Wildman–Crippen MR) is 153 cm³/mol. The molecule has 0 aliphatic carbocycles. The summed E-state index contributed by atoms with van der Waals surface area (Å²) in [5.41, 5.74) is 3.50. The van der Waals surface area contributed by atoms with Crippen molar-refractivity contribution in [1.29, 1.82) is 0 Å². The molecule has 1 saturated heterocycles. The van der Waals surface area contributed by atoms with Crippen LogP contribution < -0.4 is 5.32 Å². The Kier molecular flexibility index (Phi) is 7.63. The summed E-state index contributed by atoms with van der Waals surface area (Å²) in [5, 5.41) is 19.7. The number of nitrogens with zero attached hydrogens (tertiary/aromatic N) is 2. The lowest BCUT2D eigenvalue weighted by molar-refractivity contribution is 0.0629. The van der Waals surface area contributed by atoms with Gasteiger partial charge in [0.1, 0.15) is 5.03 Å². The molecule has 0 amide bonds. The Morgan fingerprint density at radius 1 is 1.03 bits per heavy atom. The molecule has 2 atom stereocenters. The minimum absolute atomic E-state index is 0.110. The molecule has 1 aromatic heterocycles. The monoisotopic (exact) mass is 499 g/mol. The SMILES string of the molecule is CSc1nc2ccccc2cc1CN1CCC[C@@H]1[C@H](O)CNC(C)(C)Cc1ccc2ccccc2c1. The van der Waals surface area contributed by atoms with Gasteiger partial charge in [-0.05, 0) is 79.9 Å². The van der Waals surface area contributed by atoms with Gasteiger partial charge >= 0.3 is 0 Å². The van der Waals surface area contributed by atoms with E-state index in [0.29, 0.717) is 6.54 Å². The molecule has 0 radical (unpaired) electrons. The number of benzene rings is 3. The first-order valence-corrected chi connectivity index (χ1v) is 14.2. The first-order chi connectivity index (χ1) is 17.4. The Morgan fingerprint density at radius 2 is 1.78 bits per heavy atom. The average molecular weight is 500 g/mol. The zero-order chi connectivity index (χ0) is 25.1. The number of hydrogen-bond acceptors (Lipinski definition) is 5. The van der Waals surface area contributed by atoms with Crippen LogP contribution in [0.4, 0.5) is 0 Å². The minimum atomic E-state index is -0.408. The lowest BCUT2D eigenvalue weighted by Crippen LogP contribution is -2.50. The third kappa shape index (κ3) is 5.76. The second-order valence-corrected chi connectivity index (χ2v) is 11.5. The molecular formula is C31H37N3OS. The highest BCUT2D eigenvalue weighted by Gasteiger charge is 2.32. The summed E-state index contributed by atoms with van der Waals surface area (Å²) >= 11 is 1.71. The number of rotatable bonds is 9. The molecule has 0 spiro atoms. The van der Waals surface area contributed by atoms with Crippen LogP contribution >= 0.6 is 11.8 Å². The van der Waals surface area contributed by atoms with Crippen LogP contribution in [-0.2, 0) is 13.0 Å². The molecule has 2 N–H and O–H groups in total. The standard InChI is InChI=1S/C31H37N3OS/c1-31(2,19-22-14-15-23-9-4-5-10-24(23)17-22)32-20-29(35)28-13-8-16-34(28)21-26-18-25-11-6-7-12-27(25)33-30(26)36-3/h4-7,9-12,14-15,17-18,28-29,32,35H,8,13,16,19-21H2,1-3H3/t28-,29-/m1/s1. The molecule has 4 aromatic rings. The molecular weight excluding hydrogens is 462 g/mol. The second kappa shape index (κ2) is 10.9. The van der Waals surface area contributed by atoms with E-state index in [1.807, 2.05) is 6.07 Å². The first-order valence-electron chi connectivity index (χ1n) is 13.0. The van der Waals surface area contributed by atoms with E-state index in [1.54, 1.807) is 11.8 Å². The van der Waals surface area contributed by atoms with Gasteiger partial charge in [0.25, 0.3) is 0 Å². The van der Waals surface area contributed by atoms with E-state index in [-0.39, 0.29) is 11.6 Å². The van der Waals surface area contributed by atoms with Crippen molar-refractivity contribution in [2.45, 2.75) is 62.4 Å². The molecule has 3 aromatic carbocycles. The number of β-amino-alcohol motifs (C(OH)–C–C–N with tert-alkyl or cyclic N) is 1. The molecule has 36 heavy (non-hydrogen) atoms. The zero-order valence-electron chi connectivity index (χ0n) is 21.6. The van der Waals surface area contributed by atoms with Gasteiger partial charge in [-0.1, -0.05) is 60.7 Å². The van der Waals surface area contributed by atoms with Gasteiger partial charge < -0.3 is 10.4 Å². The Balaban J connectivity index is 1.23. The molecule has 0 bridgehead atoms. The Labute approximate surface area is 219 Å². The molecule has 1 aliphatic rings. The van der Waals surface area contributed by atoms with Crippen molar-refractivity contribution in [1.82, 2.24) is 15.2 Å². The number of nitrogens with one attached hydrogen (secondary N) is 1. The van der Waals surface area contributed by atoms with Crippen LogP contribution in [0.1, 0.15) is 37.8 Å². The van der Waals surface area contributed by atoms with E-state index in [2.05, 4.69) is 97.0 Å². The molecule has 1 aliphatic heterocycles. The van der Waals surface area contributed by atoms with Crippen LogP contribution in [-0.4, -0.2) is 52.0 Å². The largest absolute Gasteiger partial charge is 0.390 e. The van der Waals surface area contributed by atoms with Crippen molar-refractivity contribution in [2.75, 3.05) is 19.3 Å². The maximum Gasteiger partial charge on any atom is 0.101 e. The maximum atomic E-state index is 11.2. The molecule has 188 valence electrons. The van der Waals surface area contributed by atoms with Gasteiger partial charge in [0.05, 0.1) is 11.6 Å². The molecule has 4 nitrogen and oxygen atoms in total. The summed E-state index contributed by atoms with van der Waals surface area (Å²) in [7, 11) is 0. The fourth-order valence-electron chi connectivity index (χ4n) is 5.57. The van der Waals surface area contributed by atoms with Crippen molar-refractivity contribution in [2.24, 2.45) is 0 Å². The third-order valence-corrected chi connectivity index (χ3v) is 8.18. The van der Waals surface area contributed by atoms with Crippen LogP contribution in [0.3, 0.4) is 0 Å². The first kappa shape index (κ1) is 25.2. The number of aromatic nitrogens is 1. The summed E-state index contributed by atoms with van der Waals surface area (Å²) in [6.07, 6.45) is 4.76. The van der Waals surface area contributed by atoms with Crippen LogP contribution in [0.15, 0.2) is 77.8 Å². The summed E-state index contributed by atoms with van der Waals surface area (Å²) in [6, 6.07) is 26.0. The van der Waals surface area contributed by atoms with Crippen molar-refractivity contribution in [3.8, 4) is 0 Å². The van der Waals surface area contributed by atoms with Gasteiger partial charge in [0, 0.05) is 30.1 Å². The number of likely N-dealkylation sites (tertiary alicyclic amines) is 1. The highest BCUT2D eigenvalue weighted by atomic mass is 32.2. The van der Waals surface area contributed by atoms with Crippen LogP contribution in [0, 0.1) is 0 Å². The van der Waals surface area contributed by atoms with E-state index in [4.69, 9.17) is 4.98 Å².